The van der Waals surface area contributed by atoms with Crippen LogP contribution in [-0.2, 0) is 25.7 Å². The van der Waals surface area contributed by atoms with Crippen LogP contribution in [0.2, 0.25) is 25.7 Å². The van der Waals surface area contributed by atoms with Gasteiger partial charge in [-0.3, -0.25) is 14.5 Å². The molecule has 0 N–H and O–H groups in total. The van der Waals surface area contributed by atoms with Gasteiger partial charge in [0.05, 0.1) is 6.61 Å². The average Bonchev–Trinajstić information content (AvgIpc) is 2.66. The van der Waals surface area contributed by atoms with Gasteiger partial charge in [0.1, 0.15) is 12.6 Å². The zero-order valence-electron chi connectivity index (χ0n) is 18.9. The molecule has 1 aromatic rings. The molecule has 0 aliphatic carbocycles. The van der Waals surface area contributed by atoms with Crippen molar-refractivity contribution in [2.45, 2.75) is 77.9 Å². The molecule has 0 spiro atoms. The highest BCUT2D eigenvalue weighted by molar-refractivity contribution is 6.76. The number of esters is 2. The van der Waals surface area contributed by atoms with E-state index < -0.39 is 14.1 Å². The molecule has 1 atom stereocenters. The first-order valence-corrected chi connectivity index (χ1v) is 14.6. The Bertz CT molecular complexity index is 595. The molecular formula is C23H39NO4Si. The second-order valence-corrected chi connectivity index (χ2v) is 14.3. The molecule has 0 radical (unpaired) electrons. The highest BCUT2D eigenvalue weighted by Gasteiger charge is 2.27. The fourth-order valence-electron chi connectivity index (χ4n) is 3.07. The van der Waals surface area contributed by atoms with E-state index in [2.05, 4.69) is 38.4 Å². The van der Waals surface area contributed by atoms with E-state index in [4.69, 9.17) is 9.47 Å². The summed E-state index contributed by atoms with van der Waals surface area (Å²) < 4.78 is 11.0. The zero-order chi connectivity index (χ0) is 21.7. The fourth-order valence-corrected chi connectivity index (χ4v) is 3.78. The minimum absolute atomic E-state index is 0.225. The number of carbonyl (C=O) groups excluding carboxylic acids is 2. The molecular weight excluding hydrogens is 382 g/mol. The van der Waals surface area contributed by atoms with Crippen LogP contribution in [0, 0.1) is 0 Å². The van der Waals surface area contributed by atoms with Crippen molar-refractivity contribution < 1.29 is 19.1 Å². The summed E-state index contributed by atoms with van der Waals surface area (Å²) in [6.45, 7) is 13.3. The third-order valence-corrected chi connectivity index (χ3v) is 6.40. The molecule has 6 heteroatoms. The van der Waals surface area contributed by atoms with Crippen LogP contribution in [0.5, 0.6) is 0 Å². The lowest BCUT2D eigenvalue weighted by Crippen LogP contribution is -2.43. The van der Waals surface area contributed by atoms with E-state index in [1.165, 1.54) is 0 Å². The van der Waals surface area contributed by atoms with Crippen LogP contribution in [0.1, 0.15) is 45.1 Å². The predicted molar refractivity (Wildman–Crippen MR) is 121 cm³/mol. The lowest BCUT2D eigenvalue weighted by atomic mass is 10.1. The van der Waals surface area contributed by atoms with Crippen molar-refractivity contribution in [2.24, 2.45) is 0 Å². The smallest absolute Gasteiger partial charge is 0.323 e. The van der Waals surface area contributed by atoms with Crippen LogP contribution in [0.3, 0.4) is 0 Å². The number of carbonyl (C=O) groups is 2. The normalized spacial score (nSPS) is 12.6. The van der Waals surface area contributed by atoms with Gasteiger partial charge in [0.2, 0.25) is 0 Å². The first-order valence-electron chi connectivity index (χ1n) is 10.9. The Morgan fingerprint density at radius 3 is 2.17 bits per heavy atom. The Hall–Kier alpha value is -1.66. The number of hydrogen-bond donors (Lipinski definition) is 0. The molecule has 1 aromatic carbocycles. The van der Waals surface area contributed by atoms with Crippen LogP contribution < -0.4 is 0 Å². The van der Waals surface area contributed by atoms with Gasteiger partial charge < -0.3 is 9.47 Å². The third kappa shape index (κ3) is 11.2. The van der Waals surface area contributed by atoms with Gasteiger partial charge >= 0.3 is 11.9 Å². The molecule has 0 unspecified atom stereocenters. The van der Waals surface area contributed by atoms with Gasteiger partial charge in [-0.2, -0.15) is 0 Å². The second-order valence-electron chi connectivity index (χ2n) is 8.71. The quantitative estimate of drug-likeness (QED) is 0.316. The number of rotatable bonds is 14. The lowest BCUT2D eigenvalue weighted by molar-refractivity contribution is -0.152. The van der Waals surface area contributed by atoms with E-state index in [1.807, 2.05) is 30.3 Å². The summed E-state index contributed by atoms with van der Waals surface area (Å²) in [5.41, 5.74) is 0.961. The highest BCUT2D eigenvalue weighted by Crippen LogP contribution is 2.14. The molecule has 164 valence electrons. The molecule has 0 aromatic heterocycles. The number of benzene rings is 1. The summed E-state index contributed by atoms with van der Waals surface area (Å²) in [7, 11) is -1.23. The molecule has 0 saturated carbocycles. The van der Waals surface area contributed by atoms with Crippen molar-refractivity contribution in [3.8, 4) is 0 Å². The molecule has 0 fully saturated rings. The van der Waals surface area contributed by atoms with Gasteiger partial charge in [-0.05, 0) is 44.0 Å². The Balaban J connectivity index is 2.66. The SMILES string of the molecule is CCCN(CCC)[C@@H](CCC(=O)OCC[Si](C)(C)C)C(=O)OCc1ccccc1. The van der Waals surface area contributed by atoms with E-state index >= 15 is 0 Å². The zero-order valence-corrected chi connectivity index (χ0v) is 19.9. The maximum Gasteiger partial charge on any atom is 0.323 e. The first-order chi connectivity index (χ1) is 13.8. The van der Waals surface area contributed by atoms with Crippen LogP contribution >= 0.6 is 0 Å². The van der Waals surface area contributed by atoms with Gasteiger partial charge in [0.25, 0.3) is 0 Å². The third-order valence-electron chi connectivity index (χ3n) is 4.70. The standard InChI is InChI=1S/C23H39NO4Si/c1-6-15-24(16-7-2)21(13-14-22(25)27-17-18-29(3,4)5)23(26)28-19-20-11-9-8-10-12-20/h8-12,21H,6-7,13-19H2,1-5H3/t21-/m0/s1. The summed E-state index contributed by atoms with van der Waals surface area (Å²) in [6, 6.07) is 10.2. The van der Waals surface area contributed by atoms with Crippen LogP contribution in [0.15, 0.2) is 30.3 Å². The van der Waals surface area contributed by atoms with Crippen LogP contribution in [0.25, 0.3) is 0 Å². The maximum absolute atomic E-state index is 12.9. The minimum Gasteiger partial charge on any atom is -0.466 e. The van der Waals surface area contributed by atoms with Crippen LogP contribution in [0.4, 0.5) is 0 Å². The Morgan fingerprint density at radius 2 is 1.62 bits per heavy atom. The molecule has 0 aliphatic heterocycles. The first kappa shape index (κ1) is 25.4. The largest absolute Gasteiger partial charge is 0.466 e. The van der Waals surface area contributed by atoms with E-state index in [0.29, 0.717) is 13.0 Å². The van der Waals surface area contributed by atoms with Crippen LogP contribution in [-0.4, -0.2) is 50.7 Å². The molecule has 1 rings (SSSR count). The van der Waals surface area contributed by atoms with E-state index in [0.717, 1.165) is 37.5 Å². The van der Waals surface area contributed by atoms with E-state index in [9.17, 15) is 9.59 Å². The van der Waals surface area contributed by atoms with Crippen molar-refractivity contribution >= 4 is 20.0 Å². The number of ether oxygens (including phenoxy) is 2. The Morgan fingerprint density at radius 1 is 1.00 bits per heavy atom. The molecule has 0 bridgehead atoms. The maximum atomic E-state index is 12.9. The monoisotopic (exact) mass is 421 g/mol. The van der Waals surface area contributed by atoms with Crippen molar-refractivity contribution in [3.63, 3.8) is 0 Å². The molecule has 29 heavy (non-hydrogen) atoms. The van der Waals surface area contributed by atoms with Gasteiger partial charge in [0, 0.05) is 14.5 Å². The number of nitrogens with zero attached hydrogens (tertiary/aromatic N) is 1. The molecule has 0 heterocycles. The second kappa shape index (κ2) is 13.5. The van der Waals surface area contributed by atoms with Crippen molar-refractivity contribution in [1.29, 1.82) is 0 Å². The van der Waals surface area contributed by atoms with Crippen molar-refractivity contribution in [1.82, 2.24) is 4.90 Å². The van der Waals surface area contributed by atoms with E-state index in [-0.39, 0.29) is 25.0 Å². The summed E-state index contributed by atoms with van der Waals surface area (Å²) in [5.74, 6) is -0.484. The number of hydrogen-bond acceptors (Lipinski definition) is 5. The Labute approximate surface area is 177 Å². The topological polar surface area (TPSA) is 55.8 Å². The Kier molecular flexibility index (Phi) is 11.8. The fraction of sp³-hybridized carbons (Fsp3) is 0.652. The van der Waals surface area contributed by atoms with Crippen molar-refractivity contribution in [2.75, 3.05) is 19.7 Å². The van der Waals surface area contributed by atoms with Gasteiger partial charge in [0.15, 0.2) is 0 Å². The predicted octanol–water partition coefficient (Wildman–Crippen LogP) is 4.88. The molecule has 0 aliphatic rings. The molecule has 5 nitrogen and oxygen atoms in total. The average molecular weight is 422 g/mol. The summed E-state index contributed by atoms with van der Waals surface area (Å²) >= 11 is 0. The molecule has 0 amide bonds. The molecule has 0 saturated heterocycles. The van der Waals surface area contributed by atoms with Crippen molar-refractivity contribution in [3.05, 3.63) is 35.9 Å². The van der Waals surface area contributed by atoms with Gasteiger partial charge in [-0.1, -0.05) is 63.8 Å². The van der Waals surface area contributed by atoms with Gasteiger partial charge in [-0.25, -0.2) is 0 Å². The van der Waals surface area contributed by atoms with Gasteiger partial charge in [-0.15, -0.1) is 0 Å². The summed E-state index contributed by atoms with van der Waals surface area (Å²) in [5, 5.41) is 0. The lowest BCUT2D eigenvalue weighted by Gasteiger charge is -2.29. The minimum atomic E-state index is -1.23. The summed E-state index contributed by atoms with van der Waals surface area (Å²) in [6.07, 6.45) is 2.56. The summed E-state index contributed by atoms with van der Waals surface area (Å²) in [4.78, 5) is 27.2. The van der Waals surface area contributed by atoms with E-state index in [1.54, 1.807) is 0 Å². The highest BCUT2D eigenvalue weighted by atomic mass is 28.3.